The van der Waals surface area contributed by atoms with Crippen molar-refractivity contribution in [1.29, 1.82) is 0 Å². The van der Waals surface area contributed by atoms with Gasteiger partial charge < -0.3 is 4.90 Å². The maximum absolute atomic E-state index is 6.02. The van der Waals surface area contributed by atoms with Crippen LogP contribution in [0.4, 0.5) is 0 Å². The van der Waals surface area contributed by atoms with E-state index in [9.17, 15) is 0 Å². The predicted octanol–water partition coefficient (Wildman–Crippen LogP) is 2.14. The number of nitrogens with zero attached hydrogens (tertiary/aromatic N) is 2. The van der Waals surface area contributed by atoms with Crippen molar-refractivity contribution < 1.29 is 0 Å². The molecular formula is C12H15ClN2. The Kier molecular flexibility index (Phi) is 2.23. The number of benzene rings is 1. The van der Waals surface area contributed by atoms with Gasteiger partial charge in [0.1, 0.15) is 0 Å². The molecule has 0 aliphatic carbocycles. The van der Waals surface area contributed by atoms with Gasteiger partial charge in [0.2, 0.25) is 0 Å². The molecule has 2 heterocycles. The summed E-state index contributed by atoms with van der Waals surface area (Å²) in [6, 6.07) is 6.92. The Hall–Kier alpha value is -0.570. The zero-order valence-electron chi connectivity index (χ0n) is 8.91. The Morgan fingerprint density at radius 2 is 2.20 bits per heavy atom. The second-order valence-electron chi connectivity index (χ2n) is 4.59. The molecule has 3 rings (SSSR count). The van der Waals surface area contributed by atoms with Gasteiger partial charge in [-0.1, -0.05) is 17.7 Å². The minimum Gasteiger partial charge on any atom is -0.303 e. The first-order chi connectivity index (χ1) is 7.24. The predicted molar refractivity (Wildman–Crippen MR) is 62.1 cm³/mol. The number of rotatable bonds is 0. The summed E-state index contributed by atoms with van der Waals surface area (Å²) in [5.74, 6) is 0. The molecule has 2 aliphatic heterocycles. The third kappa shape index (κ3) is 1.57. The quantitative estimate of drug-likeness (QED) is 0.664. The molecule has 0 aromatic heterocycles. The summed E-state index contributed by atoms with van der Waals surface area (Å²) >= 11 is 6.02. The normalized spacial score (nSPS) is 26.4. The molecule has 80 valence electrons. The van der Waals surface area contributed by atoms with Crippen LogP contribution in [0.3, 0.4) is 0 Å². The van der Waals surface area contributed by atoms with Crippen LogP contribution < -0.4 is 0 Å². The zero-order valence-corrected chi connectivity index (χ0v) is 9.67. The first-order valence-electron chi connectivity index (χ1n) is 5.45. The van der Waals surface area contributed by atoms with Crippen molar-refractivity contribution in [3.8, 4) is 0 Å². The summed E-state index contributed by atoms with van der Waals surface area (Å²) in [5, 5.41) is 0.863. The van der Waals surface area contributed by atoms with Crippen molar-refractivity contribution in [3.63, 3.8) is 0 Å². The Morgan fingerprint density at radius 3 is 3.07 bits per heavy atom. The molecule has 15 heavy (non-hydrogen) atoms. The van der Waals surface area contributed by atoms with E-state index in [0.717, 1.165) is 18.1 Å². The Balaban J connectivity index is 1.97. The van der Waals surface area contributed by atoms with Crippen LogP contribution in [-0.2, 0) is 6.54 Å². The van der Waals surface area contributed by atoms with Crippen molar-refractivity contribution in [2.45, 2.75) is 12.6 Å². The molecule has 1 unspecified atom stereocenters. The highest BCUT2D eigenvalue weighted by Crippen LogP contribution is 2.36. The van der Waals surface area contributed by atoms with E-state index in [1.165, 1.54) is 24.2 Å². The van der Waals surface area contributed by atoms with E-state index >= 15 is 0 Å². The van der Waals surface area contributed by atoms with Crippen molar-refractivity contribution >= 4 is 11.6 Å². The second-order valence-corrected chi connectivity index (χ2v) is 5.03. The third-order valence-corrected chi connectivity index (χ3v) is 3.77. The number of piperazine rings is 1. The summed E-state index contributed by atoms with van der Waals surface area (Å²) in [6.07, 6.45) is 0. The number of halogens is 1. The fourth-order valence-corrected chi connectivity index (χ4v) is 2.89. The summed E-state index contributed by atoms with van der Waals surface area (Å²) in [6.45, 7) is 4.58. The second kappa shape index (κ2) is 3.48. The summed E-state index contributed by atoms with van der Waals surface area (Å²) < 4.78 is 0. The lowest BCUT2D eigenvalue weighted by molar-refractivity contribution is 0.101. The standard InChI is InChI=1S/C12H15ClN2/c1-14-4-5-15-7-9-6-10(13)2-3-11(9)12(15)8-14/h2-3,6,12H,4-5,7-8H2,1H3. The van der Waals surface area contributed by atoms with Crippen LogP contribution in [0.15, 0.2) is 18.2 Å². The van der Waals surface area contributed by atoms with E-state index in [1.807, 2.05) is 6.07 Å². The molecule has 2 nitrogen and oxygen atoms in total. The van der Waals surface area contributed by atoms with Crippen LogP contribution in [0.2, 0.25) is 5.02 Å². The fourth-order valence-electron chi connectivity index (χ4n) is 2.70. The minimum absolute atomic E-state index is 0.594. The molecule has 0 bridgehead atoms. The monoisotopic (exact) mass is 222 g/mol. The molecule has 1 aromatic rings. The molecule has 0 saturated carbocycles. The van der Waals surface area contributed by atoms with Gasteiger partial charge in [-0.2, -0.15) is 0 Å². The molecule has 1 aromatic carbocycles. The summed E-state index contributed by atoms with van der Waals surface area (Å²) in [7, 11) is 2.20. The molecule has 0 N–H and O–H groups in total. The third-order valence-electron chi connectivity index (χ3n) is 3.53. The molecule has 0 spiro atoms. The van der Waals surface area contributed by atoms with Crippen LogP contribution in [0.25, 0.3) is 0 Å². The van der Waals surface area contributed by atoms with Crippen molar-refractivity contribution in [1.82, 2.24) is 9.80 Å². The molecule has 1 saturated heterocycles. The van der Waals surface area contributed by atoms with E-state index in [-0.39, 0.29) is 0 Å². The molecular weight excluding hydrogens is 208 g/mol. The highest BCUT2D eigenvalue weighted by Gasteiger charge is 2.33. The maximum Gasteiger partial charge on any atom is 0.0482 e. The van der Waals surface area contributed by atoms with E-state index in [2.05, 4.69) is 29.0 Å². The average molecular weight is 223 g/mol. The highest BCUT2D eigenvalue weighted by atomic mass is 35.5. The minimum atomic E-state index is 0.594. The Morgan fingerprint density at radius 1 is 1.33 bits per heavy atom. The fraction of sp³-hybridized carbons (Fsp3) is 0.500. The lowest BCUT2D eigenvalue weighted by Gasteiger charge is -2.35. The van der Waals surface area contributed by atoms with Crippen LogP contribution >= 0.6 is 11.6 Å². The Bertz CT molecular complexity index is 391. The first kappa shape index (κ1) is 9.64. The molecule has 1 atom stereocenters. The van der Waals surface area contributed by atoms with Crippen molar-refractivity contribution in [2.75, 3.05) is 26.7 Å². The zero-order chi connectivity index (χ0) is 10.4. The largest absolute Gasteiger partial charge is 0.303 e. The number of fused-ring (bicyclic) bond motifs is 3. The maximum atomic E-state index is 6.02. The number of hydrogen-bond acceptors (Lipinski definition) is 2. The van der Waals surface area contributed by atoms with Gasteiger partial charge >= 0.3 is 0 Å². The van der Waals surface area contributed by atoms with Gasteiger partial charge in [-0.05, 0) is 30.3 Å². The molecule has 1 fully saturated rings. The molecule has 0 radical (unpaired) electrons. The van der Waals surface area contributed by atoms with E-state index in [4.69, 9.17) is 11.6 Å². The molecule has 2 aliphatic rings. The van der Waals surface area contributed by atoms with Gasteiger partial charge in [0, 0.05) is 37.2 Å². The number of likely N-dealkylation sites (N-methyl/N-ethyl adjacent to an activating group) is 1. The lowest BCUT2D eigenvalue weighted by atomic mass is 10.0. The number of hydrogen-bond donors (Lipinski definition) is 0. The van der Waals surface area contributed by atoms with Crippen LogP contribution in [-0.4, -0.2) is 36.5 Å². The Labute approximate surface area is 95.4 Å². The summed E-state index contributed by atoms with van der Waals surface area (Å²) in [4.78, 5) is 4.96. The van der Waals surface area contributed by atoms with Gasteiger partial charge in [-0.3, -0.25) is 4.90 Å². The van der Waals surface area contributed by atoms with Crippen LogP contribution in [0, 0.1) is 0 Å². The van der Waals surface area contributed by atoms with Gasteiger partial charge in [0.05, 0.1) is 0 Å². The smallest absolute Gasteiger partial charge is 0.0482 e. The van der Waals surface area contributed by atoms with E-state index in [1.54, 1.807) is 0 Å². The van der Waals surface area contributed by atoms with E-state index < -0.39 is 0 Å². The highest BCUT2D eigenvalue weighted by molar-refractivity contribution is 6.30. The first-order valence-corrected chi connectivity index (χ1v) is 5.83. The average Bonchev–Trinajstić information content (AvgIpc) is 2.54. The van der Waals surface area contributed by atoms with Crippen molar-refractivity contribution in [3.05, 3.63) is 34.3 Å². The van der Waals surface area contributed by atoms with Crippen LogP contribution in [0.1, 0.15) is 17.2 Å². The van der Waals surface area contributed by atoms with E-state index in [0.29, 0.717) is 6.04 Å². The van der Waals surface area contributed by atoms with Gasteiger partial charge in [-0.15, -0.1) is 0 Å². The topological polar surface area (TPSA) is 6.48 Å². The van der Waals surface area contributed by atoms with Gasteiger partial charge in [0.25, 0.3) is 0 Å². The lowest BCUT2D eigenvalue weighted by Crippen LogP contribution is -2.43. The molecule has 0 amide bonds. The summed E-state index contributed by atoms with van der Waals surface area (Å²) in [5.41, 5.74) is 2.90. The van der Waals surface area contributed by atoms with Crippen LogP contribution in [0.5, 0.6) is 0 Å². The molecule has 3 heteroatoms. The van der Waals surface area contributed by atoms with Gasteiger partial charge in [-0.25, -0.2) is 0 Å². The van der Waals surface area contributed by atoms with Gasteiger partial charge in [0.15, 0.2) is 0 Å². The van der Waals surface area contributed by atoms with Crippen molar-refractivity contribution in [2.24, 2.45) is 0 Å². The SMILES string of the molecule is CN1CCN2Cc3cc(Cl)ccc3C2C1.